The highest BCUT2D eigenvalue weighted by Gasteiger charge is 2.19. The smallest absolute Gasteiger partial charge is 0.270 e. The fourth-order valence-corrected chi connectivity index (χ4v) is 3.57. The predicted molar refractivity (Wildman–Crippen MR) is 92.5 cm³/mol. The second-order valence-electron chi connectivity index (χ2n) is 5.24. The van der Waals surface area contributed by atoms with Crippen LogP contribution < -0.4 is 5.73 Å². The molecular weight excluding hydrogens is 326 g/mol. The molecule has 0 bridgehead atoms. The van der Waals surface area contributed by atoms with Gasteiger partial charge in [-0.25, -0.2) is 0 Å². The molecule has 0 aliphatic carbocycles. The summed E-state index contributed by atoms with van der Waals surface area (Å²) in [5.41, 5.74) is 7.05. The van der Waals surface area contributed by atoms with Gasteiger partial charge in [-0.05, 0) is 18.1 Å². The quantitative estimate of drug-likeness (QED) is 0.454. The summed E-state index contributed by atoms with van der Waals surface area (Å²) in [6.45, 7) is -0.130. The topological polar surface area (TPSA) is 113 Å². The standard InChI is InChI=1S/C17H17N3O3S/c18-10-13-8-15(20(22)23)6-7-16(13)24-17(9-14(19)11-21)12-4-2-1-3-5-12/h1-8,14,17,21H,9,11,19H2/t14-,17+/m0/s1. The molecule has 2 aromatic rings. The number of hydrogen-bond donors (Lipinski definition) is 2. The fourth-order valence-electron chi connectivity index (χ4n) is 2.24. The summed E-state index contributed by atoms with van der Waals surface area (Å²) in [5, 5.41) is 29.3. The minimum absolute atomic E-state index is 0.0677. The molecule has 2 atom stereocenters. The van der Waals surface area contributed by atoms with E-state index in [2.05, 4.69) is 0 Å². The third kappa shape index (κ3) is 4.55. The Morgan fingerprint density at radius 2 is 2.00 bits per heavy atom. The van der Waals surface area contributed by atoms with Crippen LogP contribution in [0.25, 0.3) is 0 Å². The number of nitro benzene ring substituents is 1. The summed E-state index contributed by atoms with van der Waals surface area (Å²) >= 11 is 1.42. The summed E-state index contributed by atoms with van der Waals surface area (Å²) < 4.78 is 0. The molecule has 0 aromatic heterocycles. The van der Waals surface area contributed by atoms with E-state index in [1.165, 1.54) is 23.9 Å². The third-order valence-corrected chi connectivity index (χ3v) is 4.85. The van der Waals surface area contributed by atoms with E-state index in [1.807, 2.05) is 36.4 Å². The van der Waals surface area contributed by atoms with Gasteiger partial charge in [-0.3, -0.25) is 10.1 Å². The number of non-ortho nitro benzene ring substituents is 1. The number of hydrogen-bond acceptors (Lipinski definition) is 6. The van der Waals surface area contributed by atoms with Crippen LogP contribution in [0, 0.1) is 21.4 Å². The minimum atomic E-state index is -0.522. The van der Waals surface area contributed by atoms with Crippen LogP contribution >= 0.6 is 11.8 Å². The molecule has 0 aliphatic heterocycles. The van der Waals surface area contributed by atoms with Crippen LogP contribution in [0.2, 0.25) is 0 Å². The second kappa shape index (κ2) is 8.45. The lowest BCUT2D eigenvalue weighted by Gasteiger charge is -2.20. The van der Waals surface area contributed by atoms with Gasteiger partial charge in [0.15, 0.2) is 0 Å². The van der Waals surface area contributed by atoms with Crippen LogP contribution in [0.4, 0.5) is 5.69 Å². The molecule has 0 unspecified atom stereocenters. The first-order valence-corrected chi connectivity index (χ1v) is 8.19. The van der Waals surface area contributed by atoms with Crippen LogP contribution in [0.3, 0.4) is 0 Å². The van der Waals surface area contributed by atoms with Crippen molar-refractivity contribution >= 4 is 17.4 Å². The monoisotopic (exact) mass is 343 g/mol. The highest BCUT2D eigenvalue weighted by Crippen LogP contribution is 2.40. The number of aliphatic hydroxyl groups excluding tert-OH is 1. The Morgan fingerprint density at radius 1 is 1.29 bits per heavy atom. The molecular formula is C17H17N3O3S. The van der Waals surface area contributed by atoms with Crippen LogP contribution in [0.5, 0.6) is 0 Å². The highest BCUT2D eigenvalue weighted by molar-refractivity contribution is 7.99. The summed E-state index contributed by atoms with van der Waals surface area (Å²) in [7, 11) is 0. The van der Waals surface area contributed by atoms with Crippen molar-refractivity contribution in [2.75, 3.05) is 6.61 Å². The number of benzene rings is 2. The molecule has 6 nitrogen and oxygen atoms in total. The molecule has 0 spiro atoms. The van der Waals surface area contributed by atoms with E-state index in [1.54, 1.807) is 6.07 Å². The SMILES string of the molecule is N#Cc1cc([N+](=O)[O-])ccc1S[C@H](C[C@H](N)CO)c1ccccc1. The van der Waals surface area contributed by atoms with Crippen molar-refractivity contribution in [1.82, 2.24) is 0 Å². The van der Waals surface area contributed by atoms with Gasteiger partial charge in [-0.15, -0.1) is 11.8 Å². The lowest BCUT2D eigenvalue weighted by molar-refractivity contribution is -0.384. The normalized spacial score (nSPS) is 13.0. The molecule has 0 aliphatic rings. The largest absolute Gasteiger partial charge is 0.395 e. The van der Waals surface area contributed by atoms with Crippen molar-refractivity contribution in [3.05, 3.63) is 69.8 Å². The fraction of sp³-hybridized carbons (Fsp3) is 0.235. The van der Waals surface area contributed by atoms with E-state index in [0.29, 0.717) is 11.3 Å². The Labute approximate surface area is 144 Å². The lowest BCUT2D eigenvalue weighted by atomic mass is 10.1. The summed E-state index contributed by atoms with van der Waals surface area (Å²) in [5.74, 6) is 0. The van der Waals surface area contributed by atoms with Crippen molar-refractivity contribution < 1.29 is 10.0 Å². The van der Waals surface area contributed by atoms with E-state index in [-0.39, 0.29) is 29.1 Å². The third-order valence-electron chi connectivity index (χ3n) is 3.49. The lowest BCUT2D eigenvalue weighted by Crippen LogP contribution is -2.26. The van der Waals surface area contributed by atoms with Gasteiger partial charge in [0.25, 0.3) is 5.69 Å². The average Bonchev–Trinajstić information content (AvgIpc) is 2.61. The average molecular weight is 343 g/mol. The zero-order chi connectivity index (χ0) is 17.5. The first-order valence-electron chi connectivity index (χ1n) is 7.31. The maximum absolute atomic E-state index is 10.9. The second-order valence-corrected chi connectivity index (χ2v) is 6.49. The molecule has 0 heterocycles. The van der Waals surface area contributed by atoms with Gasteiger partial charge < -0.3 is 10.8 Å². The zero-order valence-corrected chi connectivity index (χ0v) is 13.6. The number of thioether (sulfide) groups is 1. The van der Waals surface area contributed by atoms with Gasteiger partial charge in [-0.2, -0.15) is 5.26 Å². The summed E-state index contributed by atoms with van der Waals surface area (Å²) in [6.07, 6.45) is 0.521. The molecule has 24 heavy (non-hydrogen) atoms. The Balaban J connectivity index is 2.32. The maximum atomic E-state index is 10.9. The van der Waals surface area contributed by atoms with E-state index < -0.39 is 4.92 Å². The van der Waals surface area contributed by atoms with Gasteiger partial charge in [0.2, 0.25) is 0 Å². The molecule has 0 saturated carbocycles. The Hall–Kier alpha value is -2.40. The number of nitrogens with zero attached hydrogens (tertiary/aromatic N) is 2. The van der Waals surface area contributed by atoms with E-state index in [4.69, 9.17) is 5.73 Å². The molecule has 2 rings (SSSR count). The number of nitro groups is 1. The zero-order valence-electron chi connectivity index (χ0n) is 12.8. The van der Waals surface area contributed by atoms with Gasteiger partial charge in [0, 0.05) is 28.3 Å². The van der Waals surface area contributed by atoms with Crippen LogP contribution in [0.1, 0.15) is 22.8 Å². The van der Waals surface area contributed by atoms with E-state index in [9.17, 15) is 20.5 Å². The summed E-state index contributed by atoms with van der Waals surface area (Å²) in [4.78, 5) is 11.0. The number of rotatable bonds is 7. The molecule has 0 radical (unpaired) electrons. The predicted octanol–water partition coefficient (Wildman–Crippen LogP) is 3.01. The summed E-state index contributed by atoms with van der Waals surface area (Å²) in [6, 6.07) is 15.5. The van der Waals surface area contributed by atoms with Crippen molar-refractivity contribution in [2.45, 2.75) is 22.6 Å². The number of nitrogens with two attached hydrogens (primary N) is 1. The minimum Gasteiger partial charge on any atom is -0.395 e. The van der Waals surface area contributed by atoms with Crippen molar-refractivity contribution in [3.63, 3.8) is 0 Å². The number of aliphatic hydroxyl groups is 1. The van der Waals surface area contributed by atoms with Crippen LogP contribution in [0.15, 0.2) is 53.4 Å². The van der Waals surface area contributed by atoms with E-state index >= 15 is 0 Å². The molecule has 2 aromatic carbocycles. The molecule has 0 fully saturated rings. The maximum Gasteiger partial charge on any atom is 0.270 e. The molecule has 3 N–H and O–H groups in total. The van der Waals surface area contributed by atoms with Crippen LogP contribution in [-0.4, -0.2) is 22.7 Å². The van der Waals surface area contributed by atoms with Crippen molar-refractivity contribution in [1.29, 1.82) is 5.26 Å². The molecule has 124 valence electrons. The van der Waals surface area contributed by atoms with Gasteiger partial charge in [0.05, 0.1) is 17.1 Å². The van der Waals surface area contributed by atoms with E-state index in [0.717, 1.165) is 5.56 Å². The molecule has 0 amide bonds. The first-order chi connectivity index (χ1) is 11.5. The first kappa shape index (κ1) is 17.9. The van der Waals surface area contributed by atoms with Crippen LogP contribution in [-0.2, 0) is 0 Å². The molecule has 7 heteroatoms. The Bertz CT molecular complexity index is 746. The van der Waals surface area contributed by atoms with Gasteiger partial charge in [-0.1, -0.05) is 30.3 Å². The Kier molecular flexibility index (Phi) is 6.32. The van der Waals surface area contributed by atoms with Gasteiger partial charge in [0.1, 0.15) is 6.07 Å². The molecule has 0 saturated heterocycles. The highest BCUT2D eigenvalue weighted by atomic mass is 32.2. The Morgan fingerprint density at radius 3 is 2.58 bits per heavy atom. The number of nitriles is 1. The van der Waals surface area contributed by atoms with Gasteiger partial charge >= 0.3 is 0 Å². The van der Waals surface area contributed by atoms with Crippen molar-refractivity contribution in [2.24, 2.45) is 5.73 Å². The van der Waals surface area contributed by atoms with Crippen molar-refractivity contribution in [3.8, 4) is 6.07 Å².